The summed E-state index contributed by atoms with van der Waals surface area (Å²) < 4.78 is 0. The maximum Gasteiger partial charge on any atom is 0.317 e. The Bertz CT molecular complexity index is 649. The fourth-order valence-electron chi connectivity index (χ4n) is 2.94. The number of carbonyl (C=O) groups excluding carboxylic acids is 1. The van der Waals surface area contributed by atoms with Crippen LogP contribution >= 0.6 is 11.3 Å². The molecule has 1 fully saturated rings. The number of phenols is 1. The number of benzene rings is 1. The van der Waals surface area contributed by atoms with Crippen LogP contribution in [0.4, 0.5) is 4.79 Å². The smallest absolute Gasteiger partial charge is 0.317 e. The van der Waals surface area contributed by atoms with Gasteiger partial charge in [0.05, 0.1) is 0 Å². The molecule has 128 valence electrons. The summed E-state index contributed by atoms with van der Waals surface area (Å²) in [5.74, 6) is 0.237. The number of nitrogens with one attached hydrogen (secondary N) is 1. The lowest BCUT2D eigenvalue weighted by atomic mass is 10.1. The highest BCUT2D eigenvalue weighted by Crippen LogP contribution is 2.23. The average molecular weight is 345 g/mol. The normalized spacial score (nSPS) is 16.8. The molecule has 2 amide bonds. The number of urea groups is 1. The highest BCUT2D eigenvalue weighted by molar-refractivity contribution is 7.07. The molecule has 1 saturated heterocycles. The van der Waals surface area contributed by atoms with E-state index in [1.807, 2.05) is 17.0 Å². The third-order valence-corrected chi connectivity index (χ3v) is 5.26. The zero-order valence-electron chi connectivity index (χ0n) is 13.8. The summed E-state index contributed by atoms with van der Waals surface area (Å²) in [4.78, 5) is 16.6. The van der Waals surface area contributed by atoms with Crippen LogP contribution in [-0.4, -0.2) is 47.1 Å². The Morgan fingerprint density at radius 3 is 2.54 bits per heavy atom. The second kappa shape index (κ2) is 7.68. The van der Waals surface area contributed by atoms with E-state index < -0.39 is 0 Å². The van der Waals surface area contributed by atoms with Gasteiger partial charge in [-0.25, -0.2) is 4.79 Å². The fraction of sp³-hybridized carbons (Fsp3) is 0.389. The van der Waals surface area contributed by atoms with Crippen LogP contribution in [0.25, 0.3) is 0 Å². The molecular weight excluding hydrogens is 322 g/mol. The van der Waals surface area contributed by atoms with Gasteiger partial charge in [0.1, 0.15) is 5.75 Å². The highest BCUT2D eigenvalue weighted by Gasteiger charge is 2.24. The van der Waals surface area contributed by atoms with Gasteiger partial charge in [-0.3, -0.25) is 4.90 Å². The molecule has 5 nitrogen and oxygen atoms in total. The topological polar surface area (TPSA) is 55.8 Å². The van der Waals surface area contributed by atoms with E-state index in [2.05, 4.69) is 34.0 Å². The van der Waals surface area contributed by atoms with Crippen LogP contribution in [0.1, 0.15) is 24.1 Å². The number of thiophene rings is 1. The van der Waals surface area contributed by atoms with E-state index in [4.69, 9.17) is 0 Å². The van der Waals surface area contributed by atoms with E-state index in [1.165, 1.54) is 5.56 Å². The first-order valence-electron chi connectivity index (χ1n) is 8.20. The summed E-state index contributed by atoms with van der Waals surface area (Å²) in [6, 6.07) is 9.44. The third-order valence-electron chi connectivity index (χ3n) is 4.55. The summed E-state index contributed by atoms with van der Waals surface area (Å²) in [5.41, 5.74) is 2.33. The molecule has 1 atom stereocenters. The Kier molecular flexibility index (Phi) is 5.37. The van der Waals surface area contributed by atoms with Crippen molar-refractivity contribution < 1.29 is 9.90 Å². The van der Waals surface area contributed by atoms with Gasteiger partial charge < -0.3 is 15.3 Å². The molecule has 0 radical (unpaired) electrons. The fourth-order valence-corrected chi connectivity index (χ4v) is 3.69. The summed E-state index contributed by atoms with van der Waals surface area (Å²) in [7, 11) is 0. The first kappa shape index (κ1) is 16.8. The zero-order valence-corrected chi connectivity index (χ0v) is 14.6. The molecule has 1 aromatic heterocycles. The Labute approximate surface area is 146 Å². The van der Waals surface area contributed by atoms with Gasteiger partial charge >= 0.3 is 6.03 Å². The minimum atomic E-state index is -0.0223. The molecular formula is C18H23N3O2S. The number of hydrogen-bond donors (Lipinski definition) is 2. The van der Waals surface area contributed by atoms with Crippen molar-refractivity contribution in [2.24, 2.45) is 0 Å². The Morgan fingerprint density at radius 2 is 1.92 bits per heavy atom. The summed E-state index contributed by atoms with van der Waals surface area (Å²) >= 11 is 1.73. The minimum absolute atomic E-state index is 0.0223. The zero-order chi connectivity index (χ0) is 16.9. The van der Waals surface area contributed by atoms with Crippen LogP contribution in [0.15, 0.2) is 41.1 Å². The van der Waals surface area contributed by atoms with Crippen molar-refractivity contribution in [1.82, 2.24) is 15.1 Å². The first-order chi connectivity index (χ1) is 11.6. The molecule has 3 rings (SSSR count). The standard InChI is InChI=1S/C18H23N3O2S/c1-14(16-6-11-24-13-16)20-7-9-21(10-8-20)18(23)19-12-15-2-4-17(22)5-3-15/h2-6,11,13-14,22H,7-10,12H2,1H3,(H,19,23)/t14-/m1/s1. The van der Waals surface area contributed by atoms with Gasteiger partial charge in [0.2, 0.25) is 0 Å². The maximum atomic E-state index is 12.3. The van der Waals surface area contributed by atoms with Crippen molar-refractivity contribution in [3.8, 4) is 5.75 Å². The first-order valence-corrected chi connectivity index (χ1v) is 9.14. The Hall–Kier alpha value is -2.05. The molecule has 2 aromatic rings. The van der Waals surface area contributed by atoms with Gasteiger partial charge in [-0.1, -0.05) is 12.1 Å². The van der Waals surface area contributed by atoms with Crippen molar-refractivity contribution in [3.05, 3.63) is 52.2 Å². The molecule has 2 heterocycles. The predicted octanol–water partition coefficient (Wildman–Crippen LogP) is 3.04. The average Bonchev–Trinajstić information content (AvgIpc) is 3.15. The number of rotatable bonds is 4. The van der Waals surface area contributed by atoms with Gasteiger partial charge in [-0.2, -0.15) is 11.3 Å². The summed E-state index contributed by atoms with van der Waals surface area (Å²) in [5, 5.41) is 16.5. The molecule has 2 N–H and O–H groups in total. The van der Waals surface area contributed by atoms with Crippen molar-refractivity contribution >= 4 is 17.4 Å². The molecule has 0 spiro atoms. The lowest BCUT2D eigenvalue weighted by Gasteiger charge is -2.37. The van der Waals surface area contributed by atoms with Crippen LogP contribution < -0.4 is 5.32 Å². The monoisotopic (exact) mass is 345 g/mol. The van der Waals surface area contributed by atoms with E-state index >= 15 is 0 Å². The second-order valence-electron chi connectivity index (χ2n) is 6.08. The Balaban J connectivity index is 1.45. The van der Waals surface area contributed by atoms with Gasteiger partial charge in [-0.15, -0.1) is 0 Å². The van der Waals surface area contributed by atoms with Crippen molar-refractivity contribution in [3.63, 3.8) is 0 Å². The molecule has 24 heavy (non-hydrogen) atoms. The van der Waals surface area contributed by atoms with Crippen LogP contribution in [0, 0.1) is 0 Å². The summed E-state index contributed by atoms with van der Waals surface area (Å²) in [6.45, 7) is 5.98. The van der Waals surface area contributed by atoms with Gasteiger partial charge in [0.25, 0.3) is 0 Å². The van der Waals surface area contributed by atoms with Crippen LogP contribution in [0.2, 0.25) is 0 Å². The predicted molar refractivity (Wildman–Crippen MR) is 96.2 cm³/mol. The number of phenolic OH excluding ortho intramolecular Hbond substituents is 1. The second-order valence-corrected chi connectivity index (χ2v) is 6.86. The van der Waals surface area contributed by atoms with Crippen molar-refractivity contribution in [1.29, 1.82) is 0 Å². The number of aromatic hydroxyl groups is 1. The number of carbonyl (C=O) groups is 1. The van der Waals surface area contributed by atoms with Gasteiger partial charge in [0, 0.05) is 38.8 Å². The van der Waals surface area contributed by atoms with Crippen molar-refractivity contribution in [2.75, 3.05) is 26.2 Å². The van der Waals surface area contributed by atoms with Gasteiger partial charge in [-0.05, 0) is 47.0 Å². The van der Waals surface area contributed by atoms with Crippen molar-refractivity contribution in [2.45, 2.75) is 19.5 Å². The molecule has 1 aliphatic heterocycles. The quantitative estimate of drug-likeness (QED) is 0.895. The largest absolute Gasteiger partial charge is 0.508 e. The Morgan fingerprint density at radius 1 is 1.21 bits per heavy atom. The van der Waals surface area contributed by atoms with E-state index in [0.717, 1.165) is 31.7 Å². The third kappa shape index (κ3) is 4.07. The van der Waals surface area contributed by atoms with Crippen LogP contribution in [0.5, 0.6) is 5.75 Å². The minimum Gasteiger partial charge on any atom is -0.508 e. The molecule has 0 bridgehead atoms. The number of piperazine rings is 1. The molecule has 0 unspecified atom stereocenters. The van der Waals surface area contributed by atoms with Gasteiger partial charge in [0.15, 0.2) is 0 Å². The SMILES string of the molecule is C[C@H](c1ccsc1)N1CCN(C(=O)NCc2ccc(O)cc2)CC1. The molecule has 1 aromatic carbocycles. The molecule has 6 heteroatoms. The van der Waals surface area contributed by atoms with Crippen LogP contribution in [0.3, 0.4) is 0 Å². The van der Waals surface area contributed by atoms with E-state index in [1.54, 1.807) is 23.5 Å². The lowest BCUT2D eigenvalue weighted by molar-refractivity contribution is 0.114. The number of hydrogen-bond acceptors (Lipinski definition) is 4. The van der Waals surface area contributed by atoms with Crippen LogP contribution in [-0.2, 0) is 6.54 Å². The summed E-state index contributed by atoms with van der Waals surface area (Å²) in [6.07, 6.45) is 0. The number of nitrogens with zero attached hydrogens (tertiary/aromatic N) is 2. The highest BCUT2D eigenvalue weighted by atomic mass is 32.1. The maximum absolute atomic E-state index is 12.3. The molecule has 0 aliphatic carbocycles. The lowest BCUT2D eigenvalue weighted by Crippen LogP contribution is -2.52. The molecule has 0 saturated carbocycles. The van der Waals surface area contributed by atoms with E-state index in [9.17, 15) is 9.90 Å². The molecule has 1 aliphatic rings. The number of amides is 2. The van der Waals surface area contributed by atoms with E-state index in [0.29, 0.717) is 12.6 Å². The van der Waals surface area contributed by atoms with E-state index in [-0.39, 0.29) is 11.8 Å².